The van der Waals surface area contributed by atoms with Gasteiger partial charge in [0.2, 0.25) is 0 Å². The van der Waals surface area contributed by atoms with E-state index in [1.165, 1.54) is 6.33 Å². The van der Waals surface area contributed by atoms with Crippen molar-refractivity contribution in [2.24, 2.45) is 0 Å². The summed E-state index contributed by atoms with van der Waals surface area (Å²) in [7, 11) is 0. The van der Waals surface area contributed by atoms with E-state index in [1.807, 2.05) is 12.1 Å². The monoisotopic (exact) mass is 213 g/mol. The summed E-state index contributed by atoms with van der Waals surface area (Å²) in [6.45, 7) is 2.16. The van der Waals surface area contributed by atoms with E-state index in [1.54, 1.807) is 17.6 Å². The topological polar surface area (TPSA) is 91.4 Å². The first kappa shape index (κ1) is 9.94. The summed E-state index contributed by atoms with van der Waals surface area (Å²) < 4.78 is 6.48. The second-order valence-corrected chi connectivity index (χ2v) is 3.22. The molecule has 0 aliphatic rings. The number of rotatable bonds is 2. The van der Waals surface area contributed by atoms with Crippen LogP contribution in [0.15, 0.2) is 16.9 Å². The molecule has 0 atom stereocenters. The molecule has 0 aliphatic heterocycles. The quantitative estimate of drug-likeness (QED) is 0.741. The highest BCUT2D eigenvalue weighted by Crippen LogP contribution is 2.09. The number of aromatic nitrogens is 3. The molecule has 0 N–H and O–H groups in total. The summed E-state index contributed by atoms with van der Waals surface area (Å²) >= 11 is 0. The van der Waals surface area contributed by atoms with Crippen molar-refractivity contribution in [1.29, 1.82) is 10.5 Å². The van der Waals surface area contributed by atoms with Gasteiger partial charge in [0.15, 0.2) is 11.4 Å². The third-order valence-corrected chi connectivity index (χ3v) is 2.06. The first-order valence-electron chi connectivity index (χ1n) is 4.52. The molecule has 2 heterocycles. The minimum atomic E-state index is 0.128. The molecule has 2 rings (SSSR count). The minimum Gasteiger partial charge on any atom is -0.361 e. The van der Waals surface area contributed by atoms with Crippen LogP contribution in [-0.4, -0.2) is 14.7 Å². The number of imidazole rings is 1. The first-order valence-corrected chi connectivity index (χ1v) is 4.52. The molecule has 2 aromatic heterocycles. The van der Waals surface area contributed by atoms with Gasteiger partial charge in [-0.15, -0.1) is 0 Å². The van der Waals surface area contributed by atoms with Gasteiger partial charge in [-0.05, 0) is 6.92 Å². The fraction of sp³-hybridized carbons (Fsp3) is 0.200. The summed E-state index contributed by atoms with van der Waals surface area (Å²) in [6, 6.07) is 5.57. The molecular formula is C10H7N5O. The van der Waals surface area contributed by atoms with Crippen molar-refractivity contribution < 1.29 is 4.52 Å². The van der Waals surface area contributed by atoms with Crippen LogP contribution in [0.4, 0.5) is 0 Å². The van der Waals surface area contributed by atoms with Crippen LogP contribution in [0.5, 0.6) is 0 Å². The zero-order chi connectivity index (χ0) is 11.5. The van der Waals surface area contributed by atoms with Gasteiger partial charge in [0.25, 0.3) is 0 Å². The van der Waals surface area contributed by atoms with Gasteiger partial charge in [-0.2, -0.15) is 10.5 Å². The molecule has 0 amide bonds. The normalized spacial score (nSPS) is 9.69. The van der Waals surface area contributed by atoms with Gasteiger partial charge < -0.3 is 9.09 Å². The van der Waals surface area contributed by atoms with Crippen molar-refractivity contribution >= 4 is 0 Å². The van der Waals surface area contributed by atoms with Gasteiger partial charge in [-0.3, -0.25) is 0 Å². The number of aryl methyl sites for hydroxylation is 1. The maximum Gasteiger partial charge on any atom is 0.176 e. The van der Waals surface area contributed by atoms with Crippen molar-refractivity contribution in [2.45, 2.75) is 13.5 Å². The van der Waals surface area contributed by atoms with Gasteiger partial charge in [0, 0.05) is 6.07 Å². The van der Waals surface area contributed by atoms with E-state index in [2.05, 4.69) is 10.1 Å². The van der Waals surface area contributed by atoms with E-state index < -0.39 is 0 Å². The van der Waals surface area contributed by atoms with Gasteiger partial charge in [0.1, 0.15) is 23.6 Å². The molecule has 78 valence electrons. The number of nitrogens with zero attached hydrogens (tertiary/aromatic N) is 5. The Bertz CT molecular complexity index is 595. The van der Waals surface area contributed by atoms with Gasteiger partial charge in [0.05, 0.1) is 12.9 Å². The smallest absolute Gasteiger partial charge is 0.176 e. The molecule has 6 heteroatoms. The van der Waals surface area contributed by atoms with Crippen molar-refractivity contribution in [1.82, 2.24) is 14.7 Å². The van der Waals surface area contributed by atoms with Crippen LogP contribution in [-0.2, 0) is 6.54 Å². The second kappa shape index (κ2) is 3.87. The predicted molar refractivity (Wildman–Crippen MR) is 52.0 cm³/mol. The molecule has 0 aliphatic carbocycles. The van der Waals surface area contributed by atoms with Crippen LogP contribution in [0.2, 0.25) is 0 Å². The number of nitriles is 2. The molecule has 0 aromatic carbocycles. The molecule has 16 heavy (non-hydrogen) atoms. The van der Waals surface area contributed by atoms with Crippen molar-refractivity contribution in [3.8, 4) is 12.1 Å². The summed E-state index contributed by atoms with van der Waals surface area (Å²) in [5.74, 6) is 0.703. The second-order valence-electron chi connectivity index (χ2n) is 3.22. The highest BCUT2D eigenvalue weighted by Gasteiger charge is 2.11. The average molecular weight is 213 g/mol. The predicted octanol–water partition coefficient (Wildman–Crippen LogP) is 0.971. The van der Waals surface area contributed by atoms with Crippen LogP contribution >= 0.6 is 0 Å². The van der Waals surface area contributed by atoms with E-state index in [4.69, 9.17) is 15.0 Å². The fourth-order valence-electron chi connectivity index (χ4n) is 1.37. The SMILES string of the molecule is Cc1cc(Cn2cnc(C#N)c2C#N)no1. The Hall–Kier alpha value is -2.60. The Morgan fingerprint density at radius 3 is 2.81 bits per heavy atom. The Kier molecular flexibility index (Phi) is 2.40. The van der Waals surface area contributed by atoms with Crippen LogP contribution < -0.4 is 0 Å². The Labute approximate surface area is 91.3 Å². The van der Waals surface area contributed by atoms with Crippen LogP contribution in [0.25, 0.3) is 0 Å². The lowest BCUT2D eigenvalue weighted by atomic mass is 10.3. The maximum atomic E-state index is 8.90. The lowest BCUT2D eigenvalue weighted by Crippen LogP contribution is -2.01. The van der Waals surface area contributed by atoms with Gasteiger partial charge in [-0.1, -0.05) is 5.16 Å². The lowest BCUT2D eigenvalue weighted by molar-refractivity contribution is 0.389. The zero-order valence-electron chi connectivity index (χ0n) is 8.51. The van der Waals surface area contributed by atoms with E-state index in [0.29, 0.717) is 18.0 Å². The van der Waals surface area contributed by atoms with Crippen LogP contribution in [0.1, 0.15) is 22.8 Å². The largest absolute Gasteiger partial charge is 0.361 e. The summed E-state index contributed by atoms with van der Waals surface area (Å²) in [5, 5.41) is 21.4. The molecule has 0 fully saturated rings. The van der Waals surface area contributed by atoms with Crippen LogP contribution in [0.3, 0.4) is 0 Å². The Balaban J connectivity index is 2.33. The molecule has 0 bridgehead atoms. The summed E-state index contributed by atoms with van der Waals surface area (Å²) in [4.78, 5) is 3.83. The van der Waals surface area contributed by atoms with Crippen molar-refractivity contribution in [3.05, 3.63) is 35.2 Å². The molecule has 0 unspecified atom stereocenters. The number of hydrogen-bond acceptors (Lipinski definition) is 5. The molecule has 0 radical (unpaired) electrons. The van der Waals surface area contributed by atoms with E-state index in [0.717, 1.165) is 0 Å². The Morgan fingerprint density at radius 1 is 1.44 bits per heavy atom. The molecule has 0 spiro atoms. The molecular weight excluding hydrogens is 206 g/mol. The third kappa shape index (κ3) is 1.64. The van der Waals surface area contributed by atoms with Crippen molar-refractivity contribution in [2.75, 3.05) is 0 Å². The summed E-state index contributed by atoms with van der Waals surface area (Å²) in [5.41, 5.74) is 1.06. The first-order chi connectivity index (χ1) is 7.74. The van der Waals surface area contributed by atoms with Crippen molar-refractivity contribution in [3.63, 3.8) is 0 Å². The van der Waals surface area contributed by atoms with E-state index in [9.17, 15) is 0 Å². The molecule has 2 aromatic rings. The highest BCUT2D eigenvalue weighted by atomic mass is 16.5. The summed E-state index contributed by atoms with van der Waals surface area (Å²) in [6.07, 6.45) is 1.45. The molecule has 0 saturated heterocycles. The Morgan fingerprint density at radius 2 is 2.25 bits per heavy atom. The minimum absolute atomic E-state index is 0.128. The van der Waals surface area contributed by atoms with Gasteiger partial charge in [-0.25, -0.2) is 4.98 Å². The average Bonchev–Trinajstić information content (AvgIpc) is 2.85. The fourth-order valence-corrected chi connectivity index (χ4v) is 1.37. The lowest BCUT2D eigenvalue weighted by Gasteiger charge is -1.98. The van der Waals surface area contributed by atoms with E-state index in [-0.39, 0.29) is 11.4 Å². The maximum absolute atomic E-state index is 8.90. The van der Waals surface area contributed by atoms with Gasteiger partial charge >= 0.3 is 0 Å². The third-order valence-electron chi connectivity index (χ3n) is 2.06. The zero-order valence-corrected chi connectivity index (χ0v) is 8.51. The molecule has 0 saturated carbocycles. The number of hydrogen-bond donors (Lipinski definition) is 0. The standard InChI is InChI=1S/C10H7N5O/c1-7-2-8(14-16-7)5-15-6-13-9(3-11)10(15)4-12/h2,6H,5H2,1H3. The van der Waals surface area contributed by atoms with E-state index >= 15 is 0 Å². The highest BCUT2D eigenvalue weighted by molar-refractivity contribution is 5.36. The van der Waals surface area contributed by atoms with Crippen LogP contribution in [0, 0.1) is 29.6 Å². The molecule has 6 nitrogen and oxygen atoms in total.